The average Bonchev–Trinajstić information content (AvgIpc) is 2.66. The molecule has 0 aromatic heterocycles. The van der Waals surface area contributed by atoms with Gasteiger partial charge in [-0.1, -0.05) is 49.4 Å². The highest BCUT2D eigenvalue weighted by Gasteiger charge is 2.21. The Labute approximate surface area is 157 Å². The molecule has 0 spiro atoms. The van der Waals surface area contributed by atoms with Gasteiger partial charge in [0, 0.05) is 25.6 Å². The van der Waals surface area contributed by atoms with Crippen molar-refractivity contribution < 1.29 is 9.84 Å². The van der Waals surface area contributed by atoms with Crippen LogP contribution in [-0.4, -0.2) is 43.8 Å². The summed E-state index contributed by atoms with van der Waals surface area (Å²) in [5.74, 6) is 1.03. The summed E-state index contributed by atoms with van der Waals surface area (Å²) in [5.41, 5.74) is 2.16. The van der Waals surface area contributed by atoms with E-state index in [0.717, 1.165) is 44.0 Å². The van der Waals surface area contributed by atoms with Crippen molar-refractivity contribution in [2.24, 2.45) is 5.92 Å². The number of nitrogens with zero attached hydrogens (tertiary/aromatic N) is 1. The fourth-order valence-corrected chi connectivity index (χ4v) is 3.03. The smallest absolute Gasteiger partial charge is 0.119 e. The van der Waals surface area contributed by atoms with Crippen LogP contribution in [0.5, 0.6) is 5.75 Å². The number of aliphatic hydroxyl groups excluding tert-OH is 1. The van der Waals surface area contributed by atoms with Crippen LogP contribution in [0.25, 0.3) is 0 Å². The maximum absolute atomic E-state index is 10.8. The topological polar surface area (TPSA) is 44.7 Å². The molecule has 4 nitrogen and oxygen atoms in total. The summed E-state index contributed by atoms with van der Waals surface area (Å²) in [6.07, 6.45) is 0.525. The molecule has 0 heterocycles. The summed E-state index contributed by atoms with van der Waals surface area (Å²) >= 11 is 0. The zero-order valence-corrected chi connectivity index (χ0v) is 16.2. The van der Waals surface area contributed by atoms with Crippen LogP contribution in [0.2, 0.25) is 0 Å². The van der Waals surface area contributed by atoms with Crippen molar-refractivity contribution in [1.82, 2.24) is 10.2 Å². The van der Waals surface area contributed by atoms with E-state index in [4.69, 9.17) is 4.74 Å². The Morgan fingerprint density at radius 1 is 1.08 bits per heavy atom. The minimum Gasteiger partial charge on any atom is -0.494 e. The standard InChI is InChI=1S/C22H32N2O2/c1-4-13-26-21-12-8-9-18(14-21)15-23-16-20(17-24(2)3)22(25)19-10-6-5-7-11-19/h5-12,14,20,22-23,25H,4,13,15-17H2,1-3H3/t20-,22+/m1/s1. The lowest BCUT2D eigenvalue weighted by Gasteiger charge is -2.26. The first-order valence-corrected chi connectivity index (χ1v) is 9.40. The van der Waals surface area contributed by atoms with Crippen molar-refractivity contribution in [2.45, 2.75) is 26.0 Å². The largest absolute Gasteiger partial charge is 0.494 e. The average molecular weight is 357 g/mol. The van der Waals surface area contributed by atoms with Gasteiger partial charge in [0.05, 0.1) is 12.7 Å². The fourth-order valence-electron chi connectivity index (χ4n) is 3.03. The van der Waals surface area contributed by atoms with Crippen LogP contribution in [0.4, 0.5) is 0 Å². The number of benzene rings is 2. The van der Waals surface area contributed by atoms with Crippen molar-refractivity contribution in [3.8, 4) is 5.75 Å². The third-order valence-corrected chi connectivity index (χ3v) is 4.29. The van der Waals surface area contributed by atoms with Crippen molar-refractivity contribution in [3.63, 3.8) is 0 Å². The van der Waals surface area contributed by atoms with Crippen LogP contribution < -0.4 is 10.1 Å². The van der Waals surface area contributed by atoms with Gasteiger partial charge in [-0.25, -0.2) is 0 Å². The predicted molar refractivity (Wildman–Crippen MR) is 107 cm³/mol. The first-order chi connectivity index (χ1) is 12.6. The molecular weight excluding hydrogens is 324 g/mol. The highest BCUT2D eigenvalue weighted by molar-refractivity contribution is 5.28. The molecule has 4 heteroatoms. The second-order valence-electron chi connectivity index (χ2n) is 7.00. The first-order valence-electron chi connectivity index (χ1n) is 9.40. The van der Waals surface area contributed by atoms with Crippen molar-refractivity contribution in [3.05, 3.63) is 65.7 Å². The molecule has 0 unspecified atom stereocenters. The van der Waals surface area contributed by atoms with E-state index in [9.17, 15) is 5.11 Å². The molecule has 2 atom stereocenters. The second kappa shape index (κ2) is 11.0. The Bertz CT molecular complexity index is 631. The first kappa shape index (κ1) is 20.4. The summed E-state index contributed by atoms with van der Waals surface area (Å²) in [6, 6.07) is 18.1. The minimum absolute atomic E-state index is 0.118. The Kier molecular flexibility index (Phi) is 8.62. The predicted octanol–water partition coefficient (Wildman–Crippen LogP) is 3.48. The molecule has 2 aromatic carbocycles. The van der Waals surface area contributed by atoms with Gasteiger partial charge in [0.1, 0.15) is 5.75 Å². The summed E-state index contributed by atoms with van der Waals surface area (Å²) < 4.78 is 5.70. The molecular formula is C22H32N2O2. The van der Waals surface area contributed by atoms with E-state index in [1.165, 1.54) is 5.56 Å². The molecule has 0 saturated heterocycles. The van der Waals surface area contributed by atoms with Crippen molar-refractivity contribution in [2.75, 3.05) is 33.8 Å². The Hall–Kier alpha value is -1.88. The Morgan fingerprint density at radius 3 is 2.54 bits per heavy atom. The van der Waals surface area contributed by atoms with E-state index < -0.39 is 6.10 Å². The molecule has 2 aromatic rings. The number of hydrogen-bond donors (Lipinski definition) is 2. The van der Waals surface area contributed by atoms with Crippen molar-refractivity contribution in [1.29, 1.82) is 0 Å². The number of ether oxygens (including phenoxy) is 1. The van der Waals surface area contributed by atoms with E-state index >= 15 is 0 Å². The summed E-state index contributed by atoms with van der Waals surface area (Å²) in [4.78, 5) is 2.12. The van der Waals surface area contributed by atoms with Gasteiger partial charge in [0.15, 0.2) is 0 Å². The van der Waals surface area contributed by atoms with E-state index in [-0.39, 0.29) is 5.92 Å². The maximum Gasteiger partial charge on any atom is 0.119 e. The number of aliphatic hydroxyl groups is 1. The normalized spacial score (nSPS) is 13.6. The molecule has 0 radical (unpaired) electrons. The van der Waals surface area contributed by atoms with Gasteiger partial charge >= 0.3 is 0 Å². The molecule has 0 saturated carbocycles. The molecule has 26 heavy (non-hydrogen) atoms. The van der Waals surface area contributed by atoms with Crippen LogP contribution in [0.3, 0.4) is 0 Å². The van der Waals surface area contributed by atoms with Gasteiger partial charge in [-0.05, 0) is 43.8 Å². The Morgan fingerprint density at radius 2 is 1.85 bits per heavy atom. The lowest BCUT2D eigenvalue weighted by molar-refractivity contribution is 0.0894. The highest BCUT2D eigenvalue weighted by Crippen LogP contribution is 2.22. The van der Waals surface area contributed by atoms with Gasteiger partial charge < -0.3 is 20.1 Å². The SMILES string of the molecule is CCCOc1cccc(CNC[C@H](CN(C)C)[C@@H](O)c2ccccc2)c1. The number of nitrogens with one attached hydrogen (secondary N) is 1. The summed E-state index contributed by atoms with van der Waals surface area (Å²) in [6.45, 7) is 5.17. The molecule has 0 aliphatic heterocycles. The van der Waals surface area contributed by atoms with Crippen LogP contribution in [0.15, 0.2) is 54.6 Å². The maximum atomic E-state index is 10.8. The lowest BCUT2D eigenvalue weighted by Crippen LogP contribution is -2.34. The highest BCUT2D eigenvalue weighted by atomic mass is 16.5. The quantitative estimate of drug-likeness (QED) is 0.647. The molecule has 2 N–H and O–H groups in total. The third-order valence-electron chi connectivity index (χ3n) is 4.29. The summed E-state index contributed by atoms with van der Waals surface area (Å²) in [5, 5.41) is 14.3. The van der Waals surface area contributed by atoms with E-state index in [2.05, 4.69) is 29.3 Å². The molecule has 0 amide bonds. The van der Waals surface area contributed by atoms with Gasteiger partial charge in [0.2, 0.25) is 0 Å². The van der Waals surface area contributed by atoms with Crippen LogP contribution in [0, 0.1) is 5.92 Å². The zero-order chi connectivity index (χ0) is 18.8. The molecule has 142 valence electrons. The van der Waals surface area contributed by atoms with Gasteiger partial charge in [-0.2, -0.15) is 0 Å². The Balaban J connectivity index is 1.93. The molecule has 0 aliphatic carbocycles. The summed E-state index contributed by atoms with van der Waals surface area (Å²) in [7, 11) is 4.08. The van der Waals surface area contributed by atoms with E-state index in [1.807, 2.05) is 56.6 Å². The minimum atomic E-state index is -0.481. The molecule has 0 bridgehead atoms. The second-order valence-corrected chi connectivity index (χ2v) is 7.00. The fraction of sp³-hybridized carbons (Fsp3) is 0.455. The van der Waals surface area contributed by atoms with Gasteiger partial charge in [-0.3, -0.25) is 0 Å². The number of rotatable bonds is 11. The zero-order valence-electron chi connectivity index (χ0n) is 16.2. The van der Waals surface area contributed by atoms with Crippen LogP contribution >= 0.6 is 0 Å². The van der Waals surface area contributed by atoms with Crippen molar-refractivity contribution >= 4 is 0 Å². The van der Waals surface area contributed by atoms with E-state index in [1.54, 1.807) is 0 Å². The monoisotopic (exact) mass is 356 g/mol. The van der Waals surface area contributed by atoms with Crippen LogP contribution in [0.1, 0.15) is 30.6 Å². The van der Waals surface area contributed by atoms with Gasteiger partial charge in [-0.15, -0.1) is 0 Å². The van der Waals surface area contributed by atoms with Crippen LogP contribution in [-0.2, 0) is 6.54 Å². The molecule has 2 rings (SSSR count). The molecule has 0 aliphatic rings. The lowest BCUT2D eigenvalue weighted by atomic mass is 9.95. The number of hydrogen-bond acceptors (Lipinski definition) is 4. The molecule has 0 fully saturated rings. The van der Waals surface area contributed by atoms with Gasteiger partial charge in [0.25, 0.3) is 0 Å². The van der Waals surface area contributed by atoms with E-state index in [0.29, 0.717) is 0 Å². The third kappa shape index (κ3) is 6.79.